The molecule has 0 N–H and O–H groups in total. The van der Waals surface area contributed by atoms with Crippen LogP contribution in [-0.2, 0) is 0 Å². The minimum absolute atomic E-state index is 0.553. The molecule has 1 heterocycles. The zero-order chi connectivity index (χ0) is 10.2. The van der Waals surface area contributed by atoms with Gasteiger partial charge in [-0.1, -0.05) is 0 Å². The molecule has 1 rings (SSSR count). The fraction of sp³-hybridized carbons (Fsp3) is 0.429. The van der Waals surface area contributed by atoms with E-state index in [2.05, 4.69) is 5.32 Å². The molecule has 0 aliphatic carbocycles. The van der Waals surface area contributed by atoms with Crippen molar-refractivity contribution < 1.29 is 22.0 Å². The fourth-order valence-electron chi connectivity index (χ4n) is 0.900. The average molecular weight is 197 g/mol. The molecule has 0 bridgehead atoms. The summed E-state index contributed by atoms with van der Waals surface area (Å²) in [5.41, 5.74) is -2.63. The van der Waals surface area contributed by atoms with Crippen molar-refractivity contribution in [1.82, 2.24) is 5.32 Å². The van der Waals surface area contributed by atoms with E-state index in [9.17, 15) is 22.0 Å². The molecule has 0 aromatic heterocycles. The van der Waals surface area contributed by atoms with Gasteiger partial charge >= 0.3 is 6.18 Å². The van der Waals surface area contributed by atoms with Crippen molar-refractivity contribution in [2.24, 2.45) is 0 Å². The third kappa shape index (κ3) is 1.81. The fourth-order valence-corrected chi connectivity index (χ4v) is 0.900. The lowest BCUT2D eigenvalue weighted by Crippen LogP contribution is -2.17. The van der Waals surface area contributed by atoms with E-state index in [1.54, 1.807) is 6.20 Å². The van der Waals surface area contributed by atoms with Crippen molar-refractivity contribution in [3.63, 3.8) is 0 Å². The van der Waals surface area contributed by atoms with Crippen LogP contribution in [0.15, 0.2) is 16.8 Å². The van der Waals surface area contributed by atoms with Crippen molar-refractivity contribution in [2.75, 3.05) is 0 Å². The molecule has 0 spiro atoms. The summed E-state index contributed by atoms with van der Waals surface area (Å²) in [6.07, 6.45) is -6.00. The number of allylic oxidation sites excluding steroid dienone is 3. The number of hydrogen-bond acceptors (Lipinski definition) is 0. The lowest BCUT2D eigenvalue weighted by atomic mass is 10.1. The van der Waals surface area contributed by atoms with Gasteiger partial charge in [-0.2, -0.15) is 13.2 Å². The lowest BCUT2D eigenvalue weighted by Gasteiger charge is -2.07. The monoisotopic (exact) mass is 197 g/mol. The molecule has 6 heteroatoms. The van der Waals surface area contributed by atoms with Gasteiger partial charge < -0.3 is 0 Å². The molecule has 0 saturated carbocycles. The molecule has 0 fully saturated rings. The zero-order valence-electron chi connectivity index (χ0n) is 6.41. The van der Waals surface area contributed by atoms with E-state index >= 15 is 0 Å². The Hall–Kier alpha value is -1.07. The second kappa shape index (κ2) is 3.01. The maximum atomic E-state index is 12.0. The Bertz CT molecular complexity index is 273. The highest BCUT2D eigenvalue weighted by Crippen LogP contribution is 2.34. The third-order valence-electron chi connectivity index (χ3n) is 1.53. The highest BCUT2D eigenvalue weighted by molar-refractivity contribution is 5.39. The normalized spacial score (nSPS) is 17.9. The highest BCUT2D eigenvalue weighted by atomic mass is 19.4. The van der Waals surface area contributed by atoms with Gasteiger partial charge in [0.15, 0.2) is 0 Å². The van der Waals surface area contributed by atoms with E-state index in [1.165, 1.54) is 0 Å². The molecule has 0 saturated heterocycles. The predicted octanol–water partition coefficient (Wildman–Crippen LogP) is 2.39. The van der Waals surface area contributed by atoms with Crippen molar-refractivity contribution >= 4 is 0 Å². The first-order valence-electron chi connectivity index (χ1n) is 3.24. The number of hydrogen-bond donors (Lipinski definition) is 0. The molecular weight excluding hydrogens is 193 g/mol. The lowest BCUT2D eigenvalue weighted by molar-refractivity contribution is -0.0961. The van der Waals surface area contributed by atoms with Gasteiger partial charge in [0.2, 0.25) is 0 Å². The van der Waals surface area contributed by atoms with Gasteiger partial charge in [0.05, 0.1) is 11.8 Å². The topological polar surface area (TPSA) is 14.1 Å². The van der Waals surface area contributed by atoms with E-state index in [1.807, 2.05) is 0 Å². The van der Waals surface area contributed by atoms with Gasteiger partial charge in [-0.25, -0.2) is 14.1 Å². The van der Waals surface area contributed by atoms with Crippen LogP contribution < -0.4 is 5.32 Å². The standard InChI is InChI=1S/C7H4F5N/c1-3-4(6(8)9)2-13-5(3)7(10,11)12/h6H,1H3. The van der Waals surface area contributed by atoms with E-state index in [4.69, 9.17) is 0 Å². The molecule has 0 amide bonds. The SMILES string of the molecule is CC1=C(C(F)(F)F)[N][C]=C1C(F)F. The second-order valence-corrected chi connectivity index (χ2v) is 2.41. The Balaban J connectivity index is 2.96. The Morgan fingerprint density at radius 3 is 2.08 bits per heavy atom. The van der Waals surface area contributed by atoms with E-state index in [0.29, 0.717) is 0 Å². The van der Waals surface area contributed by atoms with Crippen LogP contribution in [-0.4, -0.2) is 12.6 Å². The summed E-state index contributed by atoms with van der Waals surface area (Å²) in [4.78, 5) is 0. The van der Waals surface area contributed by atoms with Gasteiger partial charge in [0, 0.05) is 0 Å². The molecule has 13 heavy (non-hydrogen) atoms. The second-order valence-electron chi connectivity index (χ2n) is 2.41. The van der Waals surface area contributed by atoms with Crippen LogP contribution in [0.1, 0.15) is 6.92 Å². The van der Waals surface area contributed by atoms with Crippen LogP contribution in [0.25, 0.3) is 0 Å². The number of rotatable bonds is 1. The van der Waals surface area contributed by atoms with Crippen LogP contribution in [0.5, 0.6) is 0 Å². The first-order chi connectivity index (χ1) is 5.84. The average Bonchev–Trinajstić information content (AvgIpc) is 2.28. The van der Waals surface area contributed by atoms with E-state index in [0.717, 1.165) is 6.92 Å². The molecule has 1 nitrogen and oxygen atoms in total. The summed E-state index contributed by atoms with van der Waals surface area (Å²) in [5.74, 6) is 0. The van der Waals surface area contributed by atoms with Gasteiger partial charge in [0.25, 0.3) is 6.43 Å². The Kier molecular flexibility index (Phi) is 2.32. The number of halogens is 5. The molecule has 0 aromatic rings. The third-order valence-corrected chi connectivity index (χ3v) is 1.53. The van der Waals surface area contributed by atoms with E-state index < -0.39 is 29.4 Å². The highest BCUT2D eigenvalue weighted by Gasteiger charge is 2.40. The first kappa shape index (κ1) is 10.0. The van der Waals surface area contributed by atoms with Crippen LogP contribution >= 0.6 is 0 Å². The van der Waals surface area contributed by atoms with Gasteiger partial charge in [-0.3, -0.25) is 0 Å². The summed E-state index contributed by atoms with van der Waals surface area (Å²) < 4.78 is 60.0. The smallest absolute Gasteiger partial charge is 0.241 e. The van der Waals surface area contributed by atoms with Crippen LogP contribution in [0.2, 0.25) is 0 Å². The summed E-state index contributed by atoms with van der Waals surface area (Å²) in [6, 6.07) is 0. The van der Waals surface area contributed by atoms with Crippen LogP contribution in [0, 0.1) is 6.20 Å². The quantitative estimate of drug-likeness (QED) is 0.573. The molecule has 0 atom stereocenters. The molecule has 0 unspecified atom stereocenters. The molecule has 0 aromatic carbocycles. The van der Waals surface area contributed by atoms with Gasteiger partial charge in [0.1, 0.15) is 5.70 Å². The molecule has 72 valence electrons. The summed E-state index contributed by atoms with van der Waals surface area (Å²) in [5, 5.41) is 2.78. The molecule has 2 radical (unpaired) electrons. The molecular formula is C7H4F5N. The van der Waals surface area contributed by atoms with Crippen molar-refractivity contribution in [2.45, 2.75) is 19.5 Å². The van der Waals surface area contributed by atoms with Crippen molar-refractivity contribution in [1.29, 1.82) is 0 Å². The summed E-state index contributed by atoms with van der Waals surface area (Å²) >= 11 is 0. The van der Waals surface area contributed by atoms with Crippen molar-refractivity contribution in [3.05, 3.63) is 23.0 Å². The molecule has 1 aliphatic rings. The van der Waals surface area contributed by atoms with Crippen LogP contribution in [0.3, 0.4) is 0 Å². The van der Waals surface area contributed by atoms with Crippen molar-refractivity contribution in [3.8, 4) is 0 Å². The Morgan fingerprint density at radius 2 is 1.85 bits per heavy atom. The minimum atomic E-state index is -4.69. The van der Waals surface area contributed by atoms with E-state index in [-0.39, 0.29) is 0 Å². The van der Waals surface area contributed by atoms with Gasteiger partial charge in [-0.05, 0) is 12.5 Å². The number of nitrogens with zero attached hydrogens (tertiary/aromatic N) is 1. The Morgan fingerprint density at radius 1 is 1.31 bits per heavy atom. The van der Waals surface area contributed by atoms with Gasteiger partial charge in [-0.15, -0.1) is 0 Å². The minimum Gasteiger partial charge on any atom is -0.241 e. The zero-order valence-corrected chi connectivity index (χ0v) is 6.41. The predicted molar refractivity (Wildman–Crippen MR) is 33.6 cm³/mol. The number of alkyl halides is 5. The van der Waals surface area contributed by atoms with Crippen LogP contribution in [0.4, 0.5) is 22.0 Å². The summed E-state index contributed by atoms with van der Waals surface area (Å²) in [7, 11) is 0. The largest absolute Gasteiger partial charge is 0.433 e. The maximum absolute atomic E-state index is 12.0. The Labute approximate surface area is 70.9 Å². The summed E-state index contributed by atoms with van der Waals surface area (Å²) in [6.45, 7) is 0.952. The maximum Gasteiger partial charge on any atom is 0.433 e. The first-order valence-corrected chi connectivity index (χ1v) is 3.24. The molecule has 1 aliphatic heterocycles.